The van der Waals surface area contributed by atoms with Gasteiger partial charge in [-0.25, -0.2) is 0 Å². The van der Waals surface area contributed by atoms with E-state index in [4.69, 9.17) is 0 Å². The third-order valence-electron chi connectivity index (χ3n) is 2.78. The van der Waals surface area contributed by atoms with Gasteiger partial charge in [0.25, 0.3) is 0 Å². The summed E-state index contributed by atoms with van der Waals surface area (Å²) < 4.78 is 0. The summed E-state index contributed by atoms with van der Waals surface area (Å²) in [6.45, 7) is 6.41. The van der Waals surface area contributed by atoms with Crippen LogP contribution in [0.2, 0.25) is 0 Å². The van der Waals surface area contributed by atoms with Gasteiger partial charge >= 0.3 is 0 Å². The first-order valence-electron chi connectivity index (χ1n) is 6.33. The van der Waals surface area contributed by atoms with Crippen molar-refractivity contribution < 1.29 is 4.79 Å². The largest absolute Gasteiger partial charge is 0.299 e. The van der Waals surface area contributed by atoms with Crippen LogP contribution in [0.15, 0.2) is 29.2 Å². The number of Topliss-reactive ketones (excluding diaryl/α,β-unsaturated/α-hetero) is 1. The Morgan fingerprint density at radius 1 is 1.29 bits per heavy atom. The number of hydrogen-bond acceptors (Lipinski definition) is 2. The lowest BCUT2D eigenvalue weighted by Gasteiger charge is -2.08. The second-order valence-corrected chi connectivity index (χ2v) is 5.79. The standard InChI is InChI=1S/C15H22OS/c1-4-5-13(3)10-14(16)11-17-15-8-6-12(2)7-9-15/h6-9,13H,4-5,10-11H2,1-3H3. The average molecular weight is 250 g/mol. The molecule has 0 aromatic heterocycles. The van der Waals surface area contributed by atoms with Crippen LogP contribution in [0.1, 0.15) is 38.7 Å². The van der Waals surface area contributed by atoms with Crippen LogP contribution in [0.5, 0.6) is 0 Å². The fourth-order valence-corrected chi connectivity index (χ4v) is 2.61. The summed E-state index contributed by atoms with van der Waals surface area (Å²) in [4.78, 5) is 12.9. The van der Waals surface area contributed by atoms with Crippen LogP contribution in [0, 0.1) is 12.8 Å². The molecular weight excluding hydrogens is 228 g/mol. The van der Waals surface area contributed by atoms with Crippen LogP contribution in [0.4, 0.5) is 0 Å². The van der Waals surface area contributed by atoms with Gasteiger partial charge in [-0.2, -0.15) is 0 Å². The molecule has 0 saturated heterocycles. The predicted molar refractivity (Wildman–Crippen MR) is 75.6 cm³/mol. The monoisotopic (exact) mass is 250 g/mol. The first kappa shape index (κ1) is 14.3. The van der Waals surface area contributed by atoms with Gasteiger partial charge in [-0.1, -0.05) is 44.4 Å². The molecule has 1 aromatic rings. The van der Waals surface area contributed by atoms with E-state index < -0.39 is 0 Å². The molecule has 0 aliphatic carbocycles. The Bertz CT molecular complexity index is 342. The molecule has 0 N–H and O–H groups in total. The zero-order valence-corrected chi connectivity index (χ0v) is 11.8. The van der Waals surface area contributed by atoms with E-state index in [0.717, 1.165) is 12.8 Å². The maximum absolute atomic E-state index is 11.7. The van der Waals surface area contributed by atoms with Crippen LogP contribution in [-0.2, 0) is 4.79 Å². The lowest BCUT2D eigenvalue weighted by atomic mass is 10.0. The van der Waals surface area contributed by atoms with Crippen molar-refractivity contribution in [3.8, 4) is 0 Å². The smallest absolute Gasteiger partial charge is 0.143 e. The van der Waals surface area contributed by atoms with Crippen LogP contribution >= 0.6 is 11.8 Å². The number of rotatable bonds is 7. The third kappa shape index (κ3) is 5.92. The summed E-state index contributed by atoms with van der Waals surface area (Å²) >= 11 is 1.65. The average Bonchev–Trinajstić information content (AvgIpc) is 2.28. The number of thioether (sulfide) groups is 1. The molecule has 1 nitrogen and oxygen atoms in total. The van der Waals surface area contributed by atoms with Crippen molar-refractivity contribution in [3.05, 3.63) is 29.8 Å². The Morgan fingerprint density at radius 3 is 2.53 bits per heavy atom. The van der Waals surface area contributed by atoms with Gasteiger partial charge in [0.05, 0.1) is 5.75 Å². The molecule has 1 rings (SSSR count). The highest BCUT2D eigenvalue weighted by atomic mass is 32.2. The topological polar surface area (TPSA) is 17.1 Å². The molecule has 1 aromatic carbocycles. The minimum atomic E-state index is 0.372. The van der Waals surface area contributed by atoms with Crippen molar-refractivity contribution in [2.24, 2.45) is 5.92 Å². The van der Waals surface area contributed by atoms with Crippen molar-refractivity contribution in [2.45, 2.75) is 44.9 Å². The normalized spacial score (nSPS) is 12.4. The van der Waals surface area contributed by atoms with Crippen LogP contribution < -0.4 is 0 Å². The Hall–Kier alpha value is -0.760. The molecule has 94 valence electrons. The zero-order valence-electron chi connectivity index (χ0n) is 11.0. The minimum absolute atomic E-state index is 0.372. The second-order valence-electron chi connectivity index (χ2n) is 4.74. The van der Waals surface area contributed by atoms with Crippen molar-refractivity contribution in [1.82, 2.24) is 0 Å². The molecule has 0 amide bonds. The molecule has 0 aliphatic heterocycles. The van der Waals surface area contributed by atoms with E-state index in [9.17, 15) is 4.79 Å². The predicted octanol–water partition coefficient (Wildman–Crippen LogP) is 4.48. The number of carbonyl (C=O) groups excluding carboxylic acids is 1. The van der Waals surface area contributed by atoms with E-state index in [1.54, 1.807) is 11.8 Å². The summed E-state index contributed by atoms with van der Waals surface area (Å²) in [7, 11) is 0. The second kappa shape index (κ2) is 7.54. The first-order chi connectivity index (χ1) is 8.11. The molecule has 0 fully saturated rings. The maximum atomic E-state index is 11.7. The van der Waals surface area contributed by atoms with Crippen molar-refractivity contribution in [1.29, 1.82) is 0 Å². The van der Waals surface area contributed by atoms with Gasteiger partial charge in [0.2, 0.25) is 0 Å². The highest BCUT2D eigenvalue weighted by molar-refractivity contribution is 8.00. The first-order valence-corrected chi connectivity index (χ1v) is 7.31. The van der Waals surface area contributed by atoms with Gasteiger partial charge in [-0.05, 0) is 25.0 Å². The SMILES string of the molecule is CCCC(C)CC(=O)CSc1ccc(C)cc1. The fraction of sp³-hybridized carbons (Fsp3) is 0.533. The molecule has 0 saturated carbocycles. The molecule has 0 radical (unpaired) electrons. The van der Waals surface area contributed by atoms with E-state index >= 15 is 0 Å². The molecule has 0 bridgehead atoms. The van der Waals surface area contributed by atoms with E-state index in [2.05, 4.69) is 45.0 Å². The van der Waals surface area contributed by atoms with Gasteiger partial charge in [0.1, 0.15) is 5.78 Å². The number of carbonyl (C=O) groups is 1. The summed E-state index contributed by atoms with van der Waals surface area (Å²) in [6, 6.07) is 8.35. The summed E-state index contributed by atoms with van der Waals surface area (Å²) in [5, 5.41) is 0. The summed E-state index contributed by atoms with van der Waals surface area (Å²) in [6.07, 6.45) is 3.05. The highest BCUT2D eigenvalue weighted by Gasteiger charge is 2.08. The van der Waals surface area contributed by atoms with Crippen LogP contribution in [-0.4, -0.2) is 11.5 Å². The number of aryl methyl sites for hydroxylation is 1. The lowest BCUT2D eigenvalue weighted by Crippen LogP contribution is -2.07. The van der Waals surface area contributed by atoms with Crippen molar-refractivity contribution >= 4 is 17.5 Å². The minimum Gasteiger partial charge on any atom is -0.299 e. The number of ketones is 1. The highest BCUT2D eigenvalue weighted by Crippen LogP contribution is 2.20. The van der Waals surface area contributed by atoms with Gasteiger partial charge in [-0.15, -0.1) is 11.8 Å². The summed E-state index contributed by atoms with van der Waals surface area (Å²) in [5.41, 5.74) is 1.26. The molecule has 1 unspecified atom stereocenters. The van der Waals surface area contributed by atoms with Crippen LogP contribution in [0.3, 0.4) is 0 Å². The van der Waals surface area contributed by atoms with Gasteiger partial charge in [0, 0.05) is 11.3 Å². The van der Waals surface area contributed by atoms with E-state index in [1.165, 1.54) is 16.9 Å². The molecule has 0 aliphatic rings. The maximum Gasteiger partial charge on any atom is 0.143 e. The van der Waals surface area contributed by atoms with Gasteiger partial charge in [0.15, 0.2) is 0 Å². The third-order valence-corrected chi connectivity index (χ3v) is 3.85. The molecule has 1 atom stereocenters. The van der Waals surface area contributed by atoms with Crippen molar-refractivity contribution in [3.63, 3.8) is 0 Å². The Kier molecular flexibility index (Phi) is 6.35. The Labute approximate surface area is 109 Å². The van der Waals surface area contributed by atoms with Gasteiger partial charge < -0.3 is 0 Å². The van der Waals surface area contributed by atoms with Crippen molar-refractivity contribution in [2.75, 3.05) is 5.75 Å². The molecule has 17 heavy (non-hydrogen) atoms. The Balaban J connectivity index is 2.30. The van der Waals surface area contributed by atoms with E-state index in [-0.39, 0.29) is 0 Å². The van der Waals surface area contributed by atoms with E-state index in [0.29, 0.717) is 17.5 Å². The quantitative estimate of drug-likeness (QED) is 0.664. The zero-order chi connectivity index (χ0) is 12.7. The molecular formula is C15H22OS. The van der Waals surface area contributed by atoms with Crippen LogP contribution in [0.25, 0.3) is 0 Å². The van der Waals surface area contributed by atoms with E-state index in [1.807, 2.05) is 0 Å². The molecule has 0 heterocycles. The number of benzene rings is 1. The number of hydrogen-bond donors (Lipinski definition) is 0. The lowest BCUT2D eigenvalue weighted by molar-refractivity contribution is -0.117. The van der Waals surface area contributed by atoms with Gasteiger partial charge in [-0.3, -0.25) is 4.79 Å². The molecule has 0 spiro atoms. The summed E-state index contributed by atoms with van der Waals surface area (Å²) in [5.74, 6) is 1.51. The molecule has 2 heteroatoms. The fourth-order valence-electron chi connectivity index (χ4n) is 1.84. The Morgan fingerprint density at radius 2 is 1.94 bits per heavy atom.